The highest BCUT2D eigenvalue weighted by Crippen LogP contribution is 2.51. The van der Waals surface area contributed by atoms with Crippen LogP contribution in [0.25, 0.3) is 192 Å². The van der Waals surface area contributed by atoms with E-state index in [2.05, 4.69) is 584 Å². The molecule has 0 aliphatic carbocycles. The summed E-state index contributed by atoms with van der Waals surface area (Å²) in [7, 11) is 0. The van der Waals surface area contributed by atoms with Gasteiger partial charge in [-0.2, -0.15) is 0 Å². The molecular formula is C134H90N8. The van der Waals surface area contributed by atoms with Crippen molar-refractivity contribution in [2.24, 2.45) is 0 Å². The summed E-state index contributed by atoms with van der Waals surface area (Å²) >= 11 is 0. The van der Waals surface area contributed by atoms with E-state index in [1.807, 2.05) is 0 Å². The molecule has 0 aliphatic rings. The van der Waals surface area contributed by atoms with E-state index >= 15 is 0 Å². The summed E-state index contributed by atoms with van der Waals surface area (Å²) in [6, 6.07) is 199. The zero-order valence-corrected chi connectivity index (χ0v) is 77.5. The SMILES string of the molecule is c1ccc(-c2ccc(-n3c4ccc(N(c5ccc6c(c5)c5ccccc5n6-c5ccccc5)c5cccc6ccccc56)cc4c4cc(N(c5ccc6c(c5)c5ccccc5n6-c5ccccc5)c5cccc6ccccc56)ccc43)cc2)cc1.c1ccc(-c2ccc(-n3c4ccccc4c4cc(N(c5ccccc5)c5ccc6c(c5)c5ccccc5n6-c5ccc(-c6ccccc6)cc5)ccc43)cc2)cc1. The number of benzene rings is 23. The molecule has 5 aromatic heterocycles. The van der Waals surface area contributed by atoms with Gasteiger partial charge in [-0.15, -0.1) is 0 Å². The summed E-state index contributed by atoms with van der Waals surface area (Å²) in [5.74, 6) is 0. The maximum atomic E-state index is 2.47. The second-order valence-electron chi connectivity index (χ2n) is 36.7. The molecule has 0 saturated heterocycles. The molecule has 0 radical (unpaired) electrons. The van der Waals surface area contributed by atoms with Crippen LogP contribution in [0.3, 0.4) is 0 Å². The zero-order valence-electron chi connectivity index (χ0n) is 77.5. The van der Waals surface area contributed by atoms with Crippen molar-refractivity contribution in [1.29, 1.82) is 0 Å². The molecule has 8 heteroatoms. The van der Waals surface area contributed by atoms with Gasteiger partial charge >= 0.3 is 0 Å². The largest absolute Gasteiger partial charge is 0.310 e. The average Bonchev–Trinajstić information content (AvgIpc) is 1.54. The Balaban J connectivity index is 0.000000154. The summed E-state index contributed by atoms with van der Waals surface area (Å²) in [5, 5.41) is 16.7. The maximum Gasteiger partial charge on any atom is 0.0542 e. The van der Waals surface area contributed by atoms with Crippen molar-refractivity contribution < 1.29 is 0 Å². The molecule has 0 spiro atoms. The lowest BCUT2D eigenvalue weighted by atomic mass is 10.0. The Morgan fingerprint density at radius 2 is 0.310 bits per heavy atom. The van der Waals surface area contributed by atoms with Crippen molar-refractivity contribution >= 4 is 182 Å². The first-order valence-electron chi connectivity index (χ1n) is 48.7. The second-order valence-corrected chi connectivity index (χ2v) is 36.7. The summed E-state index contributed by atoms with van der Waals surface area (Å²) in [6.45, 7) is 0. The van der Waals surface area contributed by atoms with E-state index in [0.717, 1.165) is 112 Å². The van der Waals surface area contributed by atoms with Crippen molar-refractivity contribution in [1.82, 2.24) is 22.8 Å². The highest BCUT2D eigenvalue weighted by Gasteiger charge is 2.28. The minimum absolute atomic E-state index is 1.06. The number of hydrogen-bond acceptors (Lipinski definition) is 3. The molecule has 23 aromatic carbocycles. The highest BCUT2D eigenvalue weighted by molar-refractivity contribution is 6.18. The topological polar surface area (TPSA) is 34.4 Å². The Bertz CT molecular complexity index is 9200. The smallest absolute Gasteiger partial charge is 0.0542 e. The normalized spacial score (nSPS) is 11.7. The van der Waals surface area contributed by atoms with Crippen molar-refractivity contribution in [2.45, 2.75) is 0 Å². The molecule has 0 saturated carbocycles. The Morgan fingerprint density at radius 3 is 0.592 bits per heavy atom. The van der Waals surface area contributed by atoms with E-state index in [4.69, 9.17) is 0 Å². The van der Waals surface area contributed by atoms with Gasteiger partial charge in [-0.05, 0) is 263 Å². The predicted octanol–water partition coefficient (Wildman–Crippen LogP) is 36.6. The van der Waals surface area contributed by atoms with Crippen LogP contribution in [-0.4, -0.2) is 22.8 Å². The van der Waals surface area contributed by atoms with Crippen LogP contribution in [0.2, 0.25) is 0 Å². The molecule has 0 amide bonds. The van der Waals surface area contributed by atoms with Crippen LogP contribution in [0.15, 0.2) is 546 Å². The highest BCUT2D eigenvalue weighted by atomic mass is 15.2. The second kappa shape index (κ2) is 34.7. The third-order valence-electron chi connectivity index (χ3n) is 28.7. The molecule has 8 nitrogen and oxygen atoms in total. The molecule has 0 aliphatic heterocycles. The first-order chi connectivity index (χ1) is 70.5. The Kier molecular flexibility index (Phi) is 20.1. The van der Waals surface area contributed by atoms with Gasteiger partial charge in [0, 0.05) is 133 Å². The molecule has 142 heavy (non-hydrogen) atoms. The molecule has 28 aromatic rings. The fraction of sp³-hybridized carbons (Fsp3) is 0. The van der Waals surface area contributed by atoms with Gasteiger partial charge < -0.3 is 37.5 Å². The Hall–Kier alpha value is -19.0. The van der Waals surface area contributed by atoms with Crippen molar-refractivity contribution in [2.75, 3.05) is 14.7 Å². The average molecular weight is 1810 g/mol. The third kappa shape index (κ3) is 14.1. The monoisotopic (exact) mass is 1810 g/mol. The summed E-state index contributed by atoms with van der Waals surface area (Å²) in [6.07, 6.45) is 0. The van der Waals surface area contributed by atoms with Crippen molar-refractivity contribution in [3.05, 3.63) is 546 Å². The molecular weight excluding hydrogens is 1720 g/mol. The van der Waals surface area contributed by atoms with Gasteiger partial charge in [0.25, 0.3) is 0 Å². The van der Waals surface area contributed by atoms with Crippen LogP contribution in [0.4, 0.5) is 51.2 Å². The van der Waals surface area contributed by atoms with Crippen LogP contribution in [-0.2, 0) is 0 Å². The Labute approximate surface area is 821 Å². The first-order valence-corrected chi connectivity index (χ1v) is 48.7. The minimum atomic E-state index is 1.06. The van der Waals surface area contributed by atoms with E-state index < -0.39 is 0 Å². The van der Waals surface area contributed by atoms with E-state index in [1.165, 1.54) is 131 Å². The van der Waals surface area contributed by atoms with Crippen LogP contribution < -0.4 is 14.7 Å². The van der Waals surface area contributed by atoms with E-state index in [0.29, 0.717) is 0 Å². The van der Waals surface area contributed by atoms with Gasteiger partial charge in [0.1, 0.15) is 0 Å². The lowest BCUT2D eigenvalue weighted by Gasteiger charge is -2.27. The lowest BCUT2D eigenvalue weighted by Crippen LogP contribution is -2.10. The number of nitrogens with zero attached hydrogens (tertiary/aromatic N) is 8. The van der Waals surface area contributed by atoms with Gasteiger partial charge in [0.2, 0.25) is 0 Å². The van der Waals surface area contributed by atoms with Gasteiger partial charge in [0.15, 0.2) is 0 Å². The number of rotatable bonds is 17. The van der Waals surface area contributed by atoms with Crippen molar-refractivity contribution in [3.63, 3.8) is 0 Å². The number of hydrogen-bond donors (Lipinski definition) is 0. The van der Waals surface area contributed by atoms with E-state index in [9.17, 15) is 0 Å². The summed E-state index contributed by atoms with van der Waals surface area (Å²) in [4.78, 5) is 7.34. The lowest BCUT2D eigenvalue weighted by molar-refractivity contribution is 1.18. The quantitative estimate of drug-likeness (QED) is 0.0911. The van der Waals surface area contributed by atoms with Crippen molar-refractivity contribution in [3.8, 4) is 61.8 Å². The first kappa shape index (κ1) is 82.4. The molecule has 28 rings (SSSR count). The van der Waals surface area contributed by atoms with Gasteiger partial charge in [0.05, 0.1) is 66.5 Å². The molecule has 0 N–H and O–H groups in total. The fourth-order valence-corrected chi connectivity index (χ4v) is 22.2. The standard InChI is InChI=1S/C80H53N5.C54H37N3/c1-4-20-54(21-5-1)55-38-40-60(41-39-55)85-79-48-44-63(81(73-36-18-24-56-22-10-12-30-65(56)73)61-42-46-77-69(50-61)67-32-14-16-34-75(67)83(77)58-26-6-2-7-27-58)52-71(79)72-53-64(45-49-80(72)85)82(74-37-19-25-57-23-11-13-31-66(57)74)62-43-47-78-70(51-62)68-33-15-17-35-76(68)84(78)59-28-8-3-9-29-59;1-4-14-38(15-5-1)40-24-28-43(29-25-40)56-51-22-12-10-20-47(51)49-36-45(32-34-53(49)56)55(42-18-8-3-9-19-42)46-33-35-54-50(37-46)48-21-11-13-23-52(48)57(54)44-30-26-41(27-31-44)39-16-6-2-7-17-39/h1-53H;1-37H. The zero-order chi connectivity index (χ0) is 93.7. The minimum Gasteiger partial charge on any atom is -0.310 e. The fourth-order valence-electron chi connectivity index (χ4n) is 22.2. The molecule has 0 atom stereocenters. The number of anilines is 9. The third-order valence-corrected chi connectivity index (χ3v) is 28.7. The Morgan fingerprint density at radius 1 is 0.113 bits per heavy atom. The number of aromatic nitrogens is 5. The van der Waals surface area contributed by atoms with Gasteiger partial charge in [-0.1, -0.05) is 328 Å². The van der Waals surface area contributed by atoms with Gasteiger partial charge in [-0.25, -0.2) is 0 Å². The molecule has 0 bridgehead atoms. The van der Waals surface area contributed by atoms with Gasteiger partial charge in [-0.3, -0.25) is 0 Å². The predicted molar refractivity (Wildman–Crippen MR) is 600 cm³/mol. The maximum absolute atomic E-state index is 2.47. The van der Waals surface area contributed by atoms with Crippen LogP contribution >= 0.6 is 0 Å². The molecule has 0 fully saturated rings. The van der Waals surface area contributed by atoms with E-state index in [-0.39, 0.29) is 0 Å². The number of para-hydroxylation sites is 7. The summed E-state index contributed by atoms with van der Waals surface area (Å²) < 4.78 is 12.0. The van der Waals surface area contributed by atoms with Crippen LogP contribution in [0, 0.1) is 0 Å². The summed E-state index contributed by atoms with van der Waals surface area (Å²) in [5.41, 5.74) is 34.3. The molecule has 666 valence electrons. The van der Waals surface area contributed by atoms with Crippen LogP contribution in [0.5, 0.6) is 0 Å². The van der Waals surface area contributed by atoms with Crippen LogP contribution in [0.1, 0.15) is 0 Å². The molecule has 5 heterocycles. The van der Waals surface area contributed by atoms with E-state index in [1.54, 1.807) is 0 Å². The number of fused-ring (bicyclic) bond motifs is 17. The molecule has 0 unspecified atom stereocenters.